The van der Waals surface area contributed by atoms with Crippen molar-refractivity contribution in [2.45, 2.75) is 12.3 Å². The van der Waals surface area contributed by atoms with E-state index in [-0.39, 0.29) is 24.6 Å². The van der Waals surface area contributed by atoms with Crippen LogP contribution in [-0.2, 0) is 6.18 Å². The zero-order chi connectivity index (χ0) is 20.3. The first kappa shape index (κ1) is 20.1. The first-order valence-electron chi connectivity index (χ1n) is 8.05. The fourth-order valence-corrected chi connectivity index (χ4v) is 3.10. The summed E-state index contributed by atoms with van der Waals surface area (Å²) in [5.41, 5.74) is 0.387. The number of hydrogen-bond acceptors (Lipinski definition) is 7. The van der Waals surface area contributed by atoms with E-state index in [1.54, 1.807) is 18.2 Å². The number of benzene rings is 1. The van der Waals surface area contributed by atoms with Gasteiger partial charge in [-0.2, -0.15) is 13.2 Å². The number of aliphatic hydroxyl groups excluding tert-OH is 1. The van der Waals surface area contributed by atoms with Crippen molar-refractivity contribution < 1.29 is 37.3 Å². The van der Waals surface area contributed by atoms with Gasteiger partial charge in [0.1, 0.15) is 24.0 Å². The lowest BCUT2D eigenvalue weighted by atomic mass is 10.2. The number of carbonyl (C=O) groups is 1. The number of halogens is 3. The molecule has 0 aliphatic heterocycles. The van der Waals surface area contributed by atoms with Crippen LogP contribution in [0.4, 0.5) is 13.2 Å². The predicted octanol–water partition coefficient (Wildman–Crippen LogP) is 3.31. The number of nitrogens with zero attached hydrogens (tertiary/aromatic N) is 1. The third-order valence-electron chi connectivity index (χ3n) is 3.69. The number of furan rings is 1. The summed E-state index contributed by atoms with van der Waals surface area (Å²) in [4.78, 5) is 14.3. The Hall–Kier alpha value is -2.63. The van der Waals surface area contributed by atoms with Crippen LogP contribution in [0.2, 0.25) is 0 Å². The Bertz CT molecular complexity index is 969. The Kier molecular flexibility index (Phi) is 5.87. The number of aromatic nitrogens is 1. The summed E-state index contributed by atoms with van der Waals surface area (Å²) in [6, 6.07) is 6.24. The van der Waals surface area contributed by atoms with Crippen LogP contribution in [-0.4, -0.2) is 40.9 Å². The number of carboxylic acids is 1. The first-order chi connectivity index (χ1) is 13.2. The number of thiazole rings is 1. The van der Waals surface area contributed by atoms with Gasteiger partial charge in [0, 0.05) is 23.9 Å². The van der Waals surface area contributed by atoms with Gasteiger partial charge >= 0.3 is 12.1 Å². The van der Waals surface area contributed by atoms with E-state index in [1.165, 1.54) is 11.4 Å². The molecule has 0 radical (unpaired) electrons. The topological polar surface area (TPSA) is 105 Å². The van der Waals surface area contributed by atoms with Crippen molar-refractivity contribution in [2.24, 2.45) is 0 Å². The van der Waals surface area contributed by atoms with Crippen LogP contribution in [0.3, 0.4) is 0 Å². The Morgan fingerprint density at radius 3 is 2.82 bits per heavy atom. The summed E-state index contributed by atoms with van der Waals surface area (Å²) in [5, 5.41) is 22.4. The molecule has 1 atom stereocenters. The Morgan fingerprint density at radius 2 is 2.14 bits per heavy atom. The SMILES string of the molecule is O=C(O)c1cc2cc(OCCNC[C@@H](O)c3csc(C(F)(F)F)n3)ccc2o1. The van der Waals surface area contributed by atoms with Crippen LogP contribution in [0.1, 0.15) is 27.4 Å². The zero-order valence-electron chi connectivity index (χ0n) is 14.2. The van der Waals surface area contributed by atoms with Crippen molar-refractivity contribution >= 4 is 28.3 Å². The minimum absolute atomic E-state index is 0.0210. The number of hydrogen-bond donors (Lipinski definition) is 3. The normalized spacial score (nSPS) is 13.0. The van der Waals surface area contributed by atoms with Crippen molar-refractivity contribution in [1.29, 1.82) is 0 Å². The molecule has 2 aromatic heterocycles. The van der Waals surface area contributed by atoms with Crippen LogP contribution >= 0.6 is 11.3 Å². The first-order valence-corrected chi connectivity index (χ1v) is 8.93. The van der Waals surface area contributed by atoms with Gasteiger partial charge in [-0.3, -0.25) is 0 Å². The standard InChI is InChI=1S/C17H15F3N2O5S/c18-17(19,20)16-22-11(8-28-16)12(23)7-21-3-4-26-10-1-2-13-9(5-10)6-14(27-13)15(24)25/h1-2,5-6,8,12,21,23H,3-4,7H2,(H,24,25)/t12-/m1/s1. The molecule has 0 unspecified atom stereocenters. The number of rotatable bonds is 8. The molecule has 1 aromatic carbocycles. The summed E-state index contributed by atoms with van der Waals surface area (Å²) >= 11 is 0.437. The van der Waals surface area contributed by atoms with Crippen LogP contribution in [0.25, 0.3) is 11.0 Å². The second-order valence-corrected chi connectivity index (χ2v) is 6.62. The van der Waals surface area contributed by atoms with E-state index >= 15 is 0 Å². The van der Waals surface area contributed by atoms with E-state index in [9.17, 15) is 23.1 Å². The van der Waals surface area contributed by atoms with Gasteiger partial charge in [0.25, 0.3) is 0 Å². The predicted molar refractivity (Wildman–Crippen MR) is 93.6 cm³/mol. The van der Waals surface area contributed by atoms with Gasteiger partial charge in [0.15, 0.2) is 5.01 Å². The maximum absolute atomic E-state index is 12.5. The highest BCUT2D eigenvalue weighted by atomic mass is 32.1. The van der Waals surface area contributed by atoms with Crippen LogP contribution in [0.15, 0.2) is 34.1 Å². The summed E-state index contributed by atoms with van der Waals surface area (Å²) in [5.74, 6) is -0.829. The van der Waals surface area contributed by atoms with E-state index in [0.717, 1.165) is 0 Å². The van der Waals surface area contributed by atoms with Crippen LogP contribution < -0.4 is 10.1 Å². The highest BCUT2D eigenvalue weighted by molar-refractivity contribution is 7.09. The van der Waals surface area contributed by atoms with E-state index in [1.807, 2.05) is 0 Å². The van der Waals surface area contributed by atoms with Gasteiger partial charge in [-0.1, -0.05) is 0 Å². The molecule has 3 aromatic rings. The van der Waals surface area contributed by atoms with Crippen molar-refractivity contribution in [3.8, 4) is 5.75 Å². The van der Waals surface area contributed by atoms with Gasteiger partial charge in [0.05, 0.1) is 5.69 Å². The number of alkyl halides is 3. The molecule has 0 amide bonds. The molecule has 3 rings (SSSR count). The van der Waals surface area contributed by atoms with Crippen molar-refractivity contribution in [3.63, 3.8) is 0 Å². The van der Waals surface area contributed by atoms with Crippen LogP contribution in [0.5, 0.6) is 5.75 Å². The van der Waals surface area contributed by atoms with Gasteiger partial charge in [0.2, 0.25) is 5.76 Å². The van der Waals surface area contributed by atoms with E-state index in [4.69, 9.17) is 14.3 Å². The third-order valence-corrected chi connectivity index (χ3v) is 4.60. The molecule has 0 saturated carbocycles. The molecule has 150 valence electrons. The molecule has 0 aliphatic rings. The molecule has 28 heavy (non-hydrogen) atoms. The molecule has 11 heteroatoms. The second-order valence-electron chi connectivity index (χ2n) is 5.76. The fraction of sp³-hybridized carbons (Fsp3) is 0.294. The van der Waals surface area contributed by atoms with Crippen molar-refractivity contribution in [2.75, 3.05) is 19.7 Å². The minimum atomic E-state index is -4.52. The van der Waals surface area contributed by atoms with Gasteiger partial charge in [-0.25, -0.2) is 9.78 Å². The maximum Gasteiger partial charge on any atom is 0.443 e. The average Bonchev–Trinajstić information content (AvgIpc) is 3.27. The quantitative estimate of drug-likeness (QED) is 0.484. The molecule has 0 bridgehead atoms. The molecule has 3 N–H and O–H groups in total. The van der Waals surface area contributed by atoms with E-state index in [0.29, 0.717) is 34.6 Å². The molecule has 7 nitrogen and oxygen atoms in total. The van der Waals surface area contributed by atoms with Gasteiger partial charge in [-0.05, 0) is 24.3 Å². The number of aromatic carboxylic acids is 1. The number of fused-ring (bicyclic) bond motifs is 1. The molecule has 0 spiro atoms. The molecular formula is C17H15F3N2O5S. The number of nitrogens with one attached hydrogen (secondary N) is 1. The molecule has 0 saturated heterocycles. The maximum atomic E-state index is 12.5. The lowest BCUT2D eigenvalue weighted by molar-refractivity contribution is -0.137. The highest BCUT2D eigenvalue weighted by Crippen LogP contribution is 2.32. The van der Waals surface area contributed by atoms with Gasteiger partial charge in [-0.15, -0.1) is 11.3 Å². The number of ether oxygens (including phenoxy) is 1. The smallest absolute Gasteiger partial charge is 0.443 e. The zero-order valence-corrected chi connectivity index (χ0v) is 15.0. The van der Waals surface area contributed by atoms with Crippen molar-refractivity contribution in [3.05, 3.63) is 46.1 Å². The molecule has 2 heterocycles. The highest BCUT2D eigenvalue weighted by Gasteiger charge is 2.35. The van der Waals surface area contributed by atoms with Crippen molar-refractivity contribution in [1.82, 2.24) is 10.3 Å². The summed E-state index contributed by atoms with van der Waals surface area (Å²) in [6.07, 6.45) is -5.69. The lowest BCUT2D eigenvalue weighted by Gasteiger charge is -2.11. The van der Waals surface area contributed by atoms with E-state index in [2.05, 4.69) is 10.3 Å². The van der Waals surface area contributed by atoms with Crippen LogP contribution in [0, 0.1) is 0 Å². The Morgan fingerprint density at radius 1 is 1.36 bits per heavy atom. The molecule has 0 fully saturated rings. The van der Waals surface area contributed by atoms with Gasteiger partial charge < -0.3 is 24.7 Å². The average molecular weight is 416 g/mol. The largest absolute Gasteiger partial charge is 0.492 e. The summed E-state index contributed by atoms with van der Waals surface area (Å²) in [6.45, 7) is 0.580. The number of carboxylic acid groups (broad SMARTS) is 1. The third kappa shape index (κ3) is 4.80. The second kappa shape index (κ2) is 8.17. The molecular weight excluding hydrogens is 401 g/mol. The minimum Gasteiger partial charge on any atom is -0.492 e. The number of aliphatic hydroxyl groups is 1. The summed E-state index contributed by atoms with van der Waals surface area (Å²) in [7, 11) is 0. The fourth-order valence-electron chi connectivity index (χ4n) is 2.37. The lowest BCUT2D eigenvalue weighted by Crippen LogP contribution is -2.26. The Balaban J connectivity index is 1.45. The monoisotopic (exact) mass is 416 g/mol. The summed E-state index contributed by atoms with van der Waals surface area (Å²) < 4.78 is 48.2. The van der Waals surface area contributed by atoms with E-state index < -0.39 is 23.3 Å². The molecule has 0 aliphatic carbocycles. The Labute approximate surface area is 160 Å².